The normalized spacial score (nSPS) is 11.1. The summed E-state index contributed by atoms with van der Waals surface area (Å²) in [6, 6.07) is 96.0. The van der Waals surface area contributed by atoms with Crippen molar-refractivity contribution in [2.75, 3.05) is 9.80 Å². The summed E-state index contributed by atoms with van der Waals surface area (Å²) in [7, 11) is 0. The fraction of sp³-hybridized carbons (Fsp3) is 0. The average molecular weight is 817 g/mol. The van der Waals surface area contributed by atoms with Crippen molar-refractivity contribution in [3.05, 3.63) is 267 Å². The fourth-order valence-electron chi connectivity index (χ4n) is 9.31. The molecular formula is C62H44N2. The Bertz CT molecular complexity index is 3230. The molecule has 0 N–H and O–H groups in total. The summed E-state index contributed by atoms with van der Waals surface area (Å²) in [5.74, 6) is 0. The lowest BCUT2D eigenvalue weighted by atomic mass is 9.84. The zero-order valence-corrected chi connectivity index (χ0v) is 35.3. The van der Waals surface area contributed by atoms with Crippen molar-refractivity contribution < 1.29 is 0 Å². The molecule has 0 bridgehead atoms. The van der Waals surface area contributed by atoms with E-state index < -0.39 is 0 Å². The van der Waals surface area contributed by atoms with Crippen LogP contribution in [0.25, 0.3) is 66.1 Å². The lowest BCUT2D eigenvalue weighted by Crippen LogP contribution is -2.09. The van der Waals surface area contributed by atoms with E-state index >= 15 is 0 Å². The minimum atomic E-state index is 1.09. The predicted molar refractivity (Wildman–Crippen MR) is 273 cm³/mol. The first-order chi connectivity index (χ1) is 31.8. The Morgan fingerprint density at radius 1 is 0.172 bits per heavy atom. The molecule has 2 nitrogen and oxygen atoms in total. The van der Waals surface area contributed by atoms with Crippen LogP contribution in [0.15, 0.2) is 267 Å². The van der Waals surface area contributed by atoms with E-state index in [1.807, 2.05) is 0 Å². The smallest absolute Gasteiger partial charge is 0.0462 e. The summed E-state index contributed by atoms with van der Waals surface area (Å²) in [4.78, 5) is 4.64. The molecule has 64 heavy (non-hydrogen) atoms. The molecule has 0 atom stereocenters. The number of hydrogen-bond donors (Lipinski definition) is 0. The van der Waals surface area contributed by atoms with Crippen LogP contribution in [-0.4, -0.2) is 0 Å². The molecule has 0 radical (unpaired) electrons. The van der Waals surface area contributed by atoms with E-state index in [2.05, 4.69) is 277 Å². The first-order valence-corrected chi connectivity index (χ1v) is 21.9. The highest BCUT2D eigenvalue weighted by atomic mass is 15.1. The maximum Gasteiger partial charge on any atom is 0.0462 e. The van der Waals surface area contributed by atoms with E-state index in [9.17, 15) is 0 Å². The van der Waals surface area contributed by atoms with Crippen LogP contribution < -0.4 is 9.80 Å². The maximum atomic E-state index is 2.34. The van der Waals surface area contributed by atoms with Crippen molar-refractivity contribution in [3.63, 3.8) is 0 Å². The summed E-state index contributed by atoms with van der Waals surface area (Å²) in [6.45, 7) is 0. The molecule has 302 valence electrons. The van der Waals surface area contributed by atoms with Gasteiger partial charge in [0, 0.05) is 34.1 Å². The Morgan fingerprint density at radius 2 is 0.453 bits per heavy atom. The van der Waals surface area contributed by atoms with Crippen molar-refractivity contribution in [1.29, 1.82) is 0 Å². The molecule has 0 saturated carbocycles. The molecule has 0 spiro atoms. The second kappa shape index (κ2) is 17.1. The van der Waals surface area contributed by atoms with Gasteiger partial charge in [0.15, 0.2) is 0 Å². The Morgan fingerprint density at radius 3 is 0.844 bits per heavy atom. The third-order valence-electron chi connectivity index (χ3n) is 12.3. The SMILES string of the molecule is c1ccc(-c2ccccc2-c2c3ccccc3c(-c3ccc(N(c4ccccc4)c4ccc(-c5ccc(N(c6ccccc6)c6ccccc6)cc5)cc4)cc3)c3ccccc23)cc1. The number of hydrogen-bond acceptors (Lipinski definition) is 2. The van der Waals surface area contributed by atoms with Gasteiger partial charge < -0.3 is 9.80 Å². The number of anilines is 6. The van der Waals surface area contributed by atoms with Gasteiger partial charge in [0.25, 0.3) is 0 Å². The van der Waals surface area contributed by atoms with Crippen LogP contribution in [0.2, 0.25) is 0 Å². The van der Waals surface area contributed by atoms with Gasteiger partial charge in [-0.1, -0.05) is 194 Å². The van der Waals surface area contributed by atoms with Crippen LogP contribution in [0.1, 0.15) is 0 Å². The fourth-order valence-corrected chi connectivity index (χ4v) is 9.31. The van der Waals surface area contributed by atoms with Gasteiger partial charge in [0.1, 0.15) is 0 Å². The molecule has 0 aromatic heterocycles. The van der Waals surface area contributed by atoms with Gasteiger partial charge in [-0.2, -0.15) is 0 Å². The molecule has 0 aliphatic carbocycles. The van der Waals surface area contributed by atoms with Crippen molar-refractivity contribution in [2.24, 2.45) is 0 Å². The molecule has 0 unspecified atom stereocenters. The molecule has 2 heteroatoms. The lowest BCUT2D eigenvalue weighted by molar-refractivity contribution is 1.28. The second-order valence-corrected chi connectivity index (χ2v) is 16.1. The van der Waals surface area contributed by atoms with Crippen LogP contribution in [0, 0.1) is 0 Å². The highest BCUT2D eigenvalue weighted by molar-refractivity contribution is 6.22. The van der Waals surface area contributed by atoms with Gasteiger partial charge in [-0.25, -0.2) is 0 Å². The highest BCUT2D eigenvalue weighted by Gasteiger charge is 2.20. The molecule has 0 heterocycles. The molecular weight excluding hydrogens is 773 g/mol. The summed E-state index contributed by atoms with van der Waals surface area (Å²) in [5.41, 5.74) is 16.4. The average Bonchev–Trinajstić information content (AvgIpc) is 3.38. The van der Waals surface area contributed by atoms with Gasteiger partial charge in [0.2, 0.25) is 0 Å². The molecule has 0 saturated heterocycles. The quantitative estimate of drug-likeness (QED) is 0.127. The number of para-hydroxylation sites is 3. The third-order valence-corrected chi connectivity index (χ3v) is 12.3. The molecule has 11 aromatic rings. The van der Waals surface area contributed by atoms with Crippen molar-refractivity contribution >= 4 is 55.7 Å². The minimum Gasteiger partial charge on any atom is -0.311 e. The van der Waals surface area contributed by atoms with Gasteiger partial charge in [0.05, 0.1) is 0 Å². The molecule has 11 aromatic carbocycles. The van der Waals surface area contributed by atoms with E-state index in [4.69, 9.17) is 0 Å². The Labute approximate surface area is 375 Å². The summed E-state index contributed by atoms with van der Waals surface area (Å²) >= 11 is 0. The van der Waals surface area contributed by atoms with Crippen molar-refractivity contribution in [1.82, 2.24) is 0 Å². The van der Waals surface area contributed by atoms with E-state index in [-0.39, 0.29) is 0 Å². The molecule has 0 amide bonds. The van der Waals surface area contributed by atoms with Crippen LogP contribution in [0.5, 0.6) is 0 Å². The summed E-state index contributed by atoms with van der Waals surface area (Å²) in [6.07, 6.45) is 0. The van der Waals surface area contributed by atoms with Crippen LogP contribution >= 0.6 is 0 Å². The van der Waals surface area contributed by atoms with Crippen molar-refractivity contribution in [3.8, 4) is 44.5 Å². The third kappa shape index (κ3) is 7.27. The summed E-state index contributed by atoms with van der Waals surface area (Å²) in [5, 5.41) is 4.97. The number of benzene rings is 11. The Kier molecular flexibility index (Phi) is 10.3. The Balaban J connectivity index is 0.952. The first-order valence-electron chi connectivity index (χ1n) is 21.9. The second-order valence-electron chi connectivity index (χ2n) is 16.1. The maximum absolute atomic E-state index is 2.34. The highest BCUT2D eigenvalue weighted by Crippen LogP contribution is 2.47. The van der Waals surface area contributed by atoms with E-state index in [0.29, 0.717) is 0 Å². The van der Waals surface area contributed by atoms with E-state index in [1.165, 1.54) is 66.1 Å². The standard InChI is InChI=1S/C62H44N2/c1-5-19-47(20-6-1)55-27-13-14-28-56(55)62-59-31-17-15-29-57(59)61(58-30-16-18-32-60(58)62)48-37-43-54(44-38-48)64(51-25-11-4-12-26-51)53-41-35-46(36-42-53)45-33-39-52(40-34-45)63(49-21-7-2-8-22-49)50-23-9-3-10-24-50/h1-44H. The number of fused-ring (bicyclic) bond motifs is 2. The molecule has 0 aliphatic heterocycles. The number of nitrogens with zero attached hydrogens (tertiary/aromatic N) is 2. The first kappa shape index (κ1) is 38.5. The zero-order valence-electron chi connectivity index (χ0n) is 35.3. The monoisotopic (exact) mass is 816 g/mol. The van der Waals surface area contributed by atoms with Gasteiger partial charge in [-0.05, 0) is 139 Å². The Hall–Kier alpha value is -8.46. The van der Waals surface area contributed by atoms with Gasteiger partial charge >= 0.3 is 0 Å². The van der Waals surface area contributed by atoms with Gasteiger partial charge in [-0.15, -0.1) is 0 Å². The lowest BCUT2D eigenvalue weighted by Gasteiger charge is -2.26. The van der Waals surface area contributed by atoms with E-state index in [0.717, 1.165) is 34.1 Å². The molecule has 0 aliphatic rings. The molecule has 11 rings (SSSR count). The van der Waals surface area contributed by atoms with Crippen molar-refractivity contribution in [2.45, 2.75) is 0 Å². The topological polar surface area (TPSA) is 6.48 Å². The van der Waals surface area contributed by atoms with E-state index in [1.54, 1.807) is 0 Å². The summed E-state index contributed by atoms with van der Waals surface area (Å²) < 4.78 is 0. The van der Waals surface area contributed by atoms with Crippen LogP contribution in [0.3, 0.4) is 0 Å². The largest absolute Gasteiger partial charge is 0.311 e. The minimum absolute atomic E-state index is 1.09. The zero-order chi connectivity index (χ0) is 42.7. The van der Waals surface area contributed by atoms with Crippen LogP contribution in [0.4, 0.5) is 34.1 Å². The predicted octanol–water partition coefficient (Wildman–Crippen LogP) is 17.6. The van der Waals surface area contributed by atoms with Crippen LogP contribution in [-0.2, 0) is 0 Å². The van der Waals surface area contributed by atoms with Gasteiger partial charge in [-0.3, -0.25) is 0 Å². The number of rotatable bonds is 10. The molecule has 0 fully saturated rings.